The maximum absolute atomic E-state index is 12.7. The van der Waals surface area contributed by atoms with Crippen LogP contribution in [-0.2, 0) is 11.3 Å². The Bertz CT molecular complexity index is 864. The Morgan fingerprint density at radius 2 is 1.64 bits per heavy atom. The minimum Gasteiger partial charge on any atom is -0.268 e. The van der Waals surface area contributed by atoms with Gasteiger partial charge in [-0.05, 0) is 73.0 Å². The van der Waals surface area contributed by atoms with E-state index in [-0.39, 0.29) is 17.7 Å². The summed E-state index contributed by atoms with van der Waals surface area (Å²) in [4.78, 5) is 26.7. The number of hydrogen-bond donors (Lipinski definition) is 0. The molecule has 128 valence electrons. The summed E-state index contributed by atoms with van der Waals surface area (Å²) in [5, 5.41) is 0.386. The highest BCUT2D eigenvalue weighted by molar-refractivity contribution is 8.18. The molecule has 0 aromatic heterocycles. The fraction of sp³-hybridized carbons (Fsp3) is 0.200. The Labute approximate surface area is 156 Å². The summed E-state index contributed by atoms with van der Waals surface area (Å²) in [6.45, 7) is 6.34. The number of carbonyl (C=O) groups is 2. The van der Waals surface area contributed by atoms with Crippen LogP contribution in [-0.4, -0.2) is 16.0 Å². The number of imide groups is 1. The first-order valence-electron chi connectivity index (χ1n) is 7.93. The van der Waals surface area contributed by atoms with Crippen molar-refractivity contribution < 1.29 is 9.59 Å². The van der Waals surface area contributed by atoms with Crippen LogP contribution in [0.25, 0.3) is 6.08 Å². The first-order valence-corrected chi connectivity index (χ1v) is 9.12. The van der Waals surface area contributed by atoms with E-state index < -0.39 is 0 Å². The van der Waals surface area contributed by atoms with E-state index >= 15 is 0 Å². The van der Waals surface area contributed by atoms with Crippen molar-refractivity contribution in [3.05, 3.63) is 74.1 Å². The van der Waals surface area contributed by atoms with Crippen LogP contribution in [0.5, 0.6) is 0 Å². The van der Waals surface area contributed by atoms with Gasteiger partial charge in [-0.1, -0.05) is 41.4 Å². The van der Waals surface area contributed by atoms with E-state index in [1.54, 1.807) is 12.1 Å². The molecule has 3 nitrogen and oxygen atoms in total. The number of halogens is 1. The highest BCUT2D eigenvalue weighted by atomic mass is 35.5. The molecule has 0 bridgehead atoms. The SMILES string of the molecule is Cc1cc(C)c(/C=C2/SC(=O)N(Cc3ccc(Cl)cc3)C2=O)c(C)c1. The van der Waals surface area contributed by atoms with Crippen LogP contribution in [0.3, 0.4) is 0 Å². The van der Waals surface area contributed by atoms with Crippen molar-refractivity contribution in [2.75, 3.05) is 0 Å². The van der Waals surface area contributed by atoms with Crippen LogP contribution in [0.4, 0.5) is 4.79 Å². The Balaban J connectivity index is 1.87. The topological polar surface area (TPSA) is 37.4 Å². The predicted molar refractivity (Wildman–Crippen MR) is 104 cm³/mol. The quantitative estimate of drug-likeness (QED) is 0.668. The van der Waals surface area contributed by atoms with Gasteiger partial charge in [0.05, 0.1) is 11.4 Å². The van der Waals surface area contributed by atoms with Gasteiger partial charge in [0.1, 0.15) is 0 Å². The van der Waals surface area contributed by atoms with E-state index in [0.29, 0.717) is 9.93 Å². The average Bonchev–Trinajstić information content (AvgIpc) is 2.80. The molecule has 1 aliphatic heterocycles. The van der Waals surface area contributed by atoms with E-state index in [9.17, 15) is 9.59 Å². The lowest BCUT2D eigenvalue weighted by Crippen LogP contribution is -2.27. The second-order valence-electron chi connectivity index (χ2n) is 6.21. The van der Waals surface area contributed by atoms with Crippen LogP contribution in [0.2, 0.25) is 5.02 Å². The maximum Gasteiger partial charge on any atom is 0.293 e. The Morgan fingerprint density at radius 1 is 1.04 bits per heavy atom. The zero-order valence-electron chi connectivity index (χ0n) is 14.3. The number of rotatable bonds is 3. The van der Waals surface area contributed by atoms with Crippen LogP contribution in [0, 0.1) is 20.8 Å². The molecule has 0 unspecified atom stereocenters. The predicted octanol–water partition coefficient (Wildman–Crippen LogP) is 5.50. The van der Waals surface area contributed by atoms with E-state index in [2.05, 4.69) is 12.1 Å². The van der Waals surface area contributed by atoms with Gasteiger partial charge in [0, 0.05) is 5.02 Å². The van der Waals surface area contributed by atoms with Gasteiger partial charge in [0.25, 0.3) is 11.1 Å². The summed E-state index contributed by atoms with van der Waals surface area (Å²) in [6, 6.07) is 11.3. The van der Waals surface area contributed by atoms with Gasteiger partial charge in [-0.15, -0.1) is 0 Å². The summed E-state index contributed by atoms with van der Waals surface area (Å²) in [6.07, 6.45) is 1.83. The van der Waals surface area contributed by atoms with Gasteiger partial charge in [0.2, 0.25) is 0 Å². The number of hydrogen-bond acceptors (Lipinski definition) is 3. The molecule has 1 saturated heterocycles. The number of aryl methyl sites for hydroxylation is 3. The second kappa shape index (κ2) is 7.06. The van der Waals surface area contributed by atoms with Crippen molar-refractivity contribution in [2.24, 2.45) is 0 Å². The summed E-state index contributed by atoms with van der Waals surface area (Å²) < 4.78 is 0. The average molecular weight is 372 g/mol. The van der Waals surface area contributed by atoms with Crippen molar-refractivity contribution in [3.8, 4) is 0 Å². The number of thioether (sulfide) groups is 1. The third-order valence-electron chi connectivity index (χ3n) is 4.14. The number of carbonyl (C=O) groups excluding carboxylic acids is 2. The van der Waals surface area contributed by atoms with Crippen LogP contribution >= 0.6 is 23.4 Å². The van der Waals surface area contributed by atoms with Gasteiger partial charge in [-0.2, -0.15) is 0 Å². The number of nitrogens with zero attached hydrogens (tertiary/aromatic N) is 1. The molecule has 0 N–H and O–H groups in total. The molecule has 2 amide bonds. The molecular weight excluding hydrogens is 354 g/mol. The van der Waals surface area contributed by atoms with Gasteiger partial charge >= 0.3 is 0 Å². The Kier molecular flexibility index (Phi) is 5.02. The van der Waals surface area contributed by atoms with Gasteiger partial charge in [0.15, 0.2) is 0 Å². The lowest BCUT2D eigenvalue weighted by atomic mass is 9.99. The van der Waals surface area contributed by atoms with Gasteiger partial charge < -0.3 is 0 Å². The van der Waals surface area contributed by atoms with Crippen molar-refractivity contribution in [1.29, 1.82) is 0 Å². The molecule has 2 aromatic rings. The molecule has 1 heterocycles. The third kappa shape index (κ3) is 3.80. The van der Waals surface area contributed by atoms with Crippen molar-refractivity contribution in [1.82, 2.24) is 4.90 Å². The summed E-state index contributed by atoms with van der Waals surface area (Å²) in [5.74, 6) is -0.246. The molecular formula is C20H18ClNO2S. The first-order chi connectivity index (χ1) is 11.8. The van der Waals surface area contributed by atoms with Crippen molar-refractivity contribution in [2.45, 2.75) is 27.3 Å². The Hall–Kier alpha value is -2.04. The molecule has 2 aromatic carbocycles. The maximum atomic E-state index is 12.7. The molecule has 0 atom stereocenters. The fourth-order valence-corrected chi connectivity index (χ4v) is 3.90. The highest BCUT2D eigenvalue weighted by Crippen LogP contribution is 2.34. The molecule has 0 spiro atoms. The molecule has 0 radical (unpaired) electrons. The smallest absolute Gasteiger partial charge is 0.268 e. The molecule has 0 saturated carbocycles. The van der Waals surface area contributed by atoms with E-state index in [4.69, 9.17) is 11.6 Å². The van der Waals surface area contributed by atoms with Crippen LogP contribution in [0.15, 0.2) is 41.3 Å². The third-order valence-corrected chi connectivity index (χ3v) is 5.30. The zero-order chi connectivity index (χ0) is 18.1. The summed E-state index contributed by atoms with van der Waals surface area (Å²) >= 11 is 6.87. The van der Waals surface area contributed by atoms with Crippen molar-refractivity contribution in [3.63, 3.8) is 0 Å². The standard InChI is InChI=1S/C20H18ClNO2S/c1-12-8-13(2)17(14(3)9-12)10-18-19(23)22(20(24)25-18)11-15-4-6-16(21)7-5-15/h4-10H,11H2,1-3H3/b18-10+. The van der Waals surface area contributed by atoms with Crippen LogP contribution in [0.1, 0.15) is 27.8 Å². The van der Waals surface area contributed by atoms with Gasteiger partial charge in [-0.25, -0.2) is 0 Å². The minimum absolute atomic E-state index is 0.242. The largest absolute Gasteiger partial charge is 0.293 e. The minimum atomic E-state index is -0.246. The lowest BCUT2D eigenvalue weighted by Gasteiger charge is -2.12. The number of amides is 2. The van der Waals surface area contributed by atoms with Crippen LogP contribution < -0.4 is 0 Å². The monoisotopic (exact) mass is 371 g/mol. The Morgan fingerprint density at radius 3 is 2.24 bits per heavy atom. The van der Waals surface area contributed by atoms with E-state index in [1.807, 2.05) is 39.0 Å². The molecule has 1 fully saturated rings. The normalized spacial score (nSPS) is 16.2. The molecule has 0 aliphatic carbocycles. The summed E-state index contributed by atoms with van der Waals surface area (Å²) in [5.41, 5.74) is 5.25. The molecule has 5 heteroatoms. The zero-order valence-corrected chi connectivity index (χ0v) is 15.9. The second-order valence-corrected chi connectivity index (χ2v) is 7.64. The molecule has 25 heavy (non-hydrogen) atoms. The highest BCUT2D eigenvalue weighted by Gasteiger charge is 2.35. The van der Waals surface area contributed by atoms with E-state index in [0.717, 1.165) is 34.0 Å². The lowest BCUT2D eigenvalue weighted by molar-refractivity contribution is -0.123. The van der Waals surface area contributed by atoms with E-state index in [1.165, 1.54) is 10.5 Å². The van der Waals surface area contributed by atoms with Gasteiger partial charge in [-0.3, -0.25) is 14.5 Å². The first kappa shape index (κ1) is 17.8. The summed E-state index contributed by atoms with van der Waals surface area (Å²) in [7, 11) is 0. The molecule has 1 aliphatic rings. The van der Waals surface area contributed by atoms with Crippen molar-refractivity contribution >= 4 is 40.6 Å². The number of benzene rings is 2. The molecule has 3 rings (SSSR count). The fourth-order valence-electron chi connectivity index (χ4n) is 2.96.